The van der Waals surface area contributed by atoms with Crippen LogP contribution in [0.2, 0.25) is 0 Å². The summed E-state index contributed by atoms with van der Waals surface area (Å²) in [6, 6.07) is 0. The molecule has 4 nitrogen and oxygen atoms in total. The largest absolute Gasteiger partial charge is 0.466 e. The zero-order valence-electron chi connectivity index (χ0n) is 10.1. The third kappa shape index (κ3) is 3.94. The minimum Gasteiger partial charge on any atom is -0.466 e. The second-order valence-electron chi connectivity index (χ2n) is 4.11. The van der Waals surface area contributed by atoms with E-state index in [0.717, 1.165) is 38.0 Å². The van der Waals surface area contributed by atoms with Crippen LogP contribution in [0.15, 0.2) is 11.6 Å². The Balaban J connectivity index is 2.41. The molecule has 0 aromatic rings. The number of carbonyl (C=O) groups excluding carboxylic acids is 1. The van der Waals surface area contributed by atoms with Crippen molar-refractivity contribution in [1.29, 1.82) is 0 Å². The molecule has 1 aliphatic rings. The summed E-state index contributed by atoms with van der Waals surface area (Å²) < 4.78 is 4.69. The number of esters is 1. The van der Waals surface area contributed by atoms with E-state index in [-0.39, 0.29) is 12.1 Å². The predicted octanol–water partition coefficient (Wildman–Crippen LogP) is 0.952. The molecule has 92 valence electrons. The third-order valence-corrected chi connectivity index (χ3v) is 2.98. The number of carbonyl (C=O) groups is 1. The molecule has 0 radical (unpaired) electrons. The van der Waals surface area contributed by atoms with Crippen molar-refractivity contribution in [1.82, 2.24) is 4.90 Å². The van der Waals surface area contributed by atoms with E-state index < -0.39 is 0 Å². The molecule has 1 N–H and O–H groups in total. The molecule has 1 fully saturated rings. The van der Waals surface area contributed by atoms with Gasteiger partial charge in [0.25, 0.3) is 0 Å². The lowest BCUT2D eigenvalue weighted by Crippen LogP contribution is -2.36. The third-order valence-electron chi connectivity index (χ3n) is 2.98. The monoisotopic (exact) mass is 227 g/mol. The number of hydrogen-bond donors (Lipinski definition) is 1. The average molecular weight is 227 g/mol. The fraction of sp³-hybridized carbons (Fsp3) is 0.750. The normalized spacial score (nSPS) is 19.8. The molecule has 0 amide bonds. The summed E-state index contributed by atoms with van der Waals surface area (Å²) in [6.07, 6.45) is 4.14. The molecule has 1 aliphatic heterocycles. The molecule has 1 saturated heterocycles. The smallest absolute Gasteiger partial charge is 0.333 e. The lowest BCUT2D eigenvalue weighted by molar-refractivity contribution is -0.136. The van der Waals surface area contributed by atoms with Crippen molar-refractivity contribution in [3.8, 4) is 0 Å². The molecule has 0 unspecified atom stereocenters. The van der Waals surface area contributed by atoms with Gasteiger partial charge in [0.05, 0.1) is 13.2 Å². The zero-order valence-corrected chi connectivity index (χ0v) is 10.1. The first-order chi connectivity index (χ1) is 7.67. The fourth-order valence-electron chi connectivity index (χ4n) is 1.84. The van der Waals surface area contributed by atoms with Crippen molar-refractivity contribution in [3.63, 3.8) is 0 Å². The molecule has 0 bridgehead atoms. The van der Waals surface area contributed by atoms with Crippen LogP contribution in [0.5, 0.6) is 0 Å². The fourth-order valence-corrected chi connectivity index (χ4v) is 1.84. The van der Waals surface area contributed by atoms with Gasteiger partial charge in [0.2, 0.25) is 0 Å². The Hall–Kier alpha value is -0.870. The van der Waals surface area contributed by atoms with E-state index in [4.69, 9.17) is 4.74 Å². The maximum absolute atomic E-state index is 11.3. The average Bonchev–Trinajstić information content (AvgIpc) is 2.31. The Morgan fingerprint density at radius 2 is 2.12 bits per heavy atom. The summed E-state index contributed by atoms with van der Waals surface area (Å²) in [5.41, 5.74) is 0.730. The summed E-state index contributed by atoms with van der Waals surface area (Å²) >= 11 is 0. The first-order valence-corrected chi connectivity index (χ1v) is 5.85. The number of nitrogens with zero attached hydrogens (tertiary/aromatic N) is 1. The van der Waals surface area contributed by atoms with Gasteiger partial charge < -0.3 is 9.84 Å². The number of likely N-dealkylation sites (tertiary alicyclic amines) is 1. The lowest BCUT2D eigenvalue weighted by atomic mass is 10.1. The summed E-state index contributed by atoms with van der Waals surface area (Å²) in [5.74, 6) is -0.237. The first kappa shape index (κ1) is 13.2. The molecule has 1 rings (SSSR count). The highest BCUT2D eigenvalue weighted by Crippen LogP contribution is 2.11. The standard InChI is InChI=1S/C12H21NO3/c1-3-10(12(15)16-2)4-7-13-8-5-11(14)6-9-13/h4,11,14H,3,5-9H2,1-2H3. The van der Waals surface area contributed by atoms with Crippen molar-refractivity contribution < 1.29 is 14.6 Å². The lowest BCUT2D eigenvalue weighted by Gasteiger charge is -2.28. The van der Waals surface area contributed by atoms with Gasteiger partial charge in [-0.25, -0.2) is 4.79 Å². The number of ether oxygens (including phenoxy) is 1. The second kappa shape index (κ2) is 6.66. The Labute approximate surface area is 96.9 Å². The molecule has 0 aromatic carbocycles. The van der Waals surface area contributed by atoms with Gasteiger partial charge >= 0.3 is 5.97 Å². The van der Waals surface area contributed by atoms with Crippen LogP contribution in [0.4, 0.5) is 0 Å². The van der Waals surface area contributed by atoms with Gasteiger partial charge in [-0.2, -0.15) is 0 Å². The van der Waals surface area contributed by atoms with Gasteiger partial charge in [-0.05, 0) is 19.3 Å². The number of methoxy groups -OCH3 is 1. The van der Waals surface area contributed by atoms with Crippen LogP contribution in [0.25, 0.3) is 0 Å². The quantitative estimate of drug-likeness (QED) is 0.574. The maximum atomic E-state index is 11.3. The van der Waals surface area contributed by atoms with Crippen molar-refractivity contribution >= 4 is 5.97 Å². The second-order valence-corrected chi connectivity index (χ2v) is 4.11. The van der Waals surface area contributed by atoms with Crippen molar-refractivity contribution in [2.45, 2.75) is 32.3 Å². The van der Waals surface area contributed by atoms with E-state index in [2.05, 4.69) is 4.90 Å². The molecule has 1 heterocycles. The van der Waals surface area contributed by atoms with E-state index >= 15 is 0 Å². The molecule has 0 aromatic heterocycles. The highest BCUT2D eigenvalue weighted by atomic mass is 16.5. The van der Waals surface area contributed by atoms with Crippen molar-refractivity contribution in [2.75, 3.05) is 26.7 Å². The molecule has 0 atom stereocenters. The van der Waals surface area contributed by atoms with Crippen molar-refractivity contribution in [3.05, 3.63) is 11.6 Å². The molecule has 0 spiro atoms. The van der Waals surface area contributed by atoms with Crippen LogP contribution >= 0.6 is 0 Å². The number of aliphatic hydroxyl groups excluding tert-OH is 1. The SMILES string of the molecule is CCC(=CCN1CCC(O)CC1)C(=O)OC. The van der Waals surface area contributed by atoms with Crippen LogP contribution in [0.3, 0.4) is 0 Å². The van der Waals surface area contributed by atoms with Gasteiger partial charge in [-0.15, -0.1) is 0 Å². The maximum Gasteiger partial charge on any atom is 0.333 e. The van der Waals surface area contributed by atoms with Gasteiger partial charge in [0.1, 0.15) is 0 Å². The van der Waals surface area contributed by atoms with E-state index in [1.54, 1.807) is 0 Å². The minimum absolute atomic E-state index is 0.147. The topological polar surface area (TPSA) is 49.8 Å². The summed E-state index contributed by atoms with van der Waals surface area (Å²) in [7, 11) is 1.41. The van der Waals surface area contributed by atoms with Gasteiger partial charge in [-0.3, -0.25) is 4.90 Å². The number of rotatable bonds is 4. The molecular weight excluding hydrogens is 206 g/mol. The molecule has 16 heavy (non-hydrogen) atoms. The van der Waals surface area contributed by atoms with Crippen molar-refractivity contribution in [2.24, 2.45) is 0 Å². The van der Waals surface area contributed by atoms with E-state index in [9.17, 15) is 9.90 Å². The Bertz CT molecular complexity index is 255. The van der Waals surface area contributed by atoms with E-state index in [1.165, 1.54) is 7.11 Å². The molecule has 0 saturated carbocycles. The summed E-state index contributed by atoms with van der Waals surface area (Å²) in [5, 5.41) is 9.36. The highest BCUT2D eigenvalue weighted by molar-refractivity contribution is 5.88. The summed E-state index contributed by atoms with van der Waals surface area (Å²) in [6.45, 7) is 4.51. The van der Waals surface area contributed by atoms with Gasteiger partial charge in [0.15, 0.2) is 0 Å². The van der Waals surface area contributed by atoms with E-state index in [0.29, 0.717) is 6.42 Å². The van der Waals surface area contributed by atoms with Gasteiger partial charge in [-0.1, -0.05) is 13.0 Å². The van der Waals surface area contributed by atoms with E-state index in [1.807, 2.05) is 13.0 Å². The van der Waals surface area contributed by atoms with Crippen LogP contribution in [-0.4, -0.2) is 48.8 Å². The van der Waals surface area contributed by atoms with Crippen LogP contribution in [0, 0.1) is 0 Å². The van der Waals surface area contributed by atoms with Crippen LogP contribution < -0.4 is 0 Å². The highest BCUT2D eigenvalue weighted by Gasteiger charge is 2.16. The summed E-state index contributed by atoms with van der Waals surface area (Å²) in [4.78, 5) is 13.6. The van der Waals surface area contributed by atoms with Gasteiger partial charge in [0, 0.05) is 25.2 Å². The zero-order chi connectivity index (χ0) is 12.0. The van der Waals surface area contributed by atoms with Crippen LogP contribution in [-0.2, 0) is 9.53 Å². The first-order valence-electron chi connectivity index (χ1n) is 5.85. The number of piperidine rings is 1. The van der Waals surface area contributed by atoms with Crippen LogP contribution in [0.1, 0.15) is 26.2 Å². The molecule has 0 aliphatic carbocycles. The predicted molar refractivity (Wildman–Crippen MR) is 62.1 cm³/mol. The minimum atomic E-state index is -0.237. The molecular formula is C12H21NO3. The Morgan fingerprint density at radius 1 is 1.50 bits per heavy atom. The molecule has 4 heteroatoms. The Morgan fingerprint density at radius 3 is 2.62 bits per heavy atom. The Kier molecular flexibility index (Phi) is 5.49. The number of hydrogen-bond acceptors (Lipinski definition) is 4. The number of aliphatic hydroxyl groups is 1.